The van der Waals surface area contributed by atoms with Crippen molar-refractivity contribution in [3.8, 4) is 0 Å². The molecule has 0 saturated carbocycles. The molecule has 1 aromatic carbocycles. The van der Waals surface area contributed by atoms with Gasteiger partial charge in [0.2, 0.25) is 0 Å². The molecule has 1 fully saturated rings. The number of hydrogen-bond donors (Lipinski definition) is 2. The van der Waals surface area contributed by atoms with E-state index >= 15 is 0 Å². The number of hydrogen-bond acceptors (Lipinski definition) is 5. The molecule has 0 unspecified atom stereocenters. The molecule has 1 saturated heterocycles. The second kappa shape index (κ2) is 10.5. The first kappa shape index (κ1) is 19.0. The molecule has 1 amide bonds. The fraction of sp³-hybridized carbons (Fsp3) is 0.474. The van der Waals surface area contributed by atoms with Crippen LogP contribution in [-0.2, 0) is 17.8 Å². The highest BCUT2D eigenvalue weighted by atomic mass is 16.6. The van der Waals surface area contributed by atoms with E-state index in [1.54, 1.807) is 0 Å². The number of aromatic nitrogens is 1. The molecule has 1 aliphatic rings. The molecule has 25 heavy (non-hydrogen) atoms. The van der Waals surface area contributed by atoms with Gasteiger partial charge in [0.25, 0.3) is 0 Å². The van der Waals surface area contributed by atoms with Gasteiger partial charge < -0.3 is 14.5 Å². The third-order valence-electron chi connectivity index (χ3n) is 4.01. The number of carbonyl (C=O) groups is 1. The number of amides is 1. The van der Waals surface area contributed by atoms with E-state index in [9.17, 15) is 4.79 Å². The van der Waals surface area contributed by atoms with E-state index in [1.165, 1.54) is 31.0 Å². The molecule has 0 spiro atoms. The number of piperidine rings is 1. The summed E-state index contributed by atoms with van der Waals surface area (Å²) in [7, 11) is 0. The highest BCUT2D eigenvalue weighted by Crippen LogP contribution is 2.19. The first-order chi connectivity index (χ1) is 12.3. The number of oxazole rings is 1. The van der Waals surface area contributed by atoms with Crippen molar-refractivity contribution < 1.29 is 13.9 Å². The lowest BCUT2D eigenvalue weighted by Crippen LogP contribution is -2.28. The summed E-state index contributed by atoms with van der Waals surface area (Å²) in [5.74, 6) is 1.26. The fourth-order valence-electron chi connectivity index (χ4n) is 2.75. The maximum atomic E-state index is 11.7. The van der Waals surface area contributed by atoms with Gasteiger partial charge in [0, 0.05) is 5.69 Å². The van der Waals surface area contributed by atoms with Crippen LogP contribution in [0, 0.1) is 5.92 Å². The van der Waals surface area contributed by atoms with Crippen LogP contribution in [0.15, 0.2) is 41.3 Å². The molecule has 2 N–H and O–H groups in total. The highest BCUT2D eigenvalue weighted by Gasteiger charge is 2.13. The van der Waals surface area contributed by atoms with Crippen molar-refractivity contribution in [2.24, 2.45) is 5.92 Å². The number of anilines is 1. The second-order valence-corrected chi connectivity index (χ2v) is 5.76. The summed E-state index contributed by atoms with van der Waals surface area (Å²) in [4.78, 5) is 15.5. The average molecular weight is 345 g/mol. The van der Waals surface area contributed by atoms with Crippen LogP contribution in [0.2, 0.25) is 0 Å². The van der Waals surface area contributed by atoms with Gasteiger partial charge in [-0.2, -0.15) is 0 Å². The molecule has 2 heterocycles. The van der Waals surface area contributed by atoms with Crippen LogP contribution in [0.3, 0.4) is 0 Å². The fourth-order valence-corrected chi connectivity index (χ4v) is 2.75. The molecule has 0 radical (unpaired) electrons. The second-order valence-electron chi connectivity index (χ2n) is 5.76. The van der Waals surface area contributed by atoms with Crippen LogP contribution in [0.25, 0.3) is 0 Å². The van der Waals surface area contributed by atoms with Crippen LogP contribution < -0.4 is 10.6 Å². The average Bonchev–Trinajstić information content (AvgIpc) is 3.18. The molecular formula is C19H27N3O3. The van der Waals surface area contributed by atoms with Gasteiger partial charge in [0.05, 0.1) is 6.20 Å². The smallest absolute Gasteiger partial charge is 0.412 e. The van der Waals surface area contributed by atoms with Crippen molar-refractivity contribution in [2.75, 3.05) is 18.4 Å². The number of nitrogens with zero attached hydrogens (tertiary/aromatic N) is 1. The monoisotopic (exact) mass is 345 g/mol. The molecule has 2 aromatic rings. The molecule has 136 valence electrons. The largest absolute Gasteiger partial charge is 0.445 e. The molecule has 0 atom stereocenters. The standard InChI is InChI=1S/C17H21N3O3.C2H6/c21-17(22-11-16-10-19-12-23-16)20-15-3-1-13(2-4-15)9-14-5-7-18-8-6-14;1-2/h1-4,10,12,14,18H,5-9,11H2,(H,20,21);1-2H3. The minimum absolute atomic E-state index is 0.0691. The first-order valence-corrected chi connectivity index (χ1v) is 8.90. The van der Waals surface area contributed by atoms with Gasteiger partial charge >= 0.3 is 6.09 Å². The van der Waals surface area contributed by atoms with E-state index in [4.69, 9.17) is 9.15 Å². The Kier molecular flexibility index (Phi) is 7.98. The summed E-state index contributed by atoms with van der Waals surface area (Å²) < 4.78 is 10.1. The molecule has 3 rings (SSSR count). The zero-order valence-corrected chi connectivity index (χ0v) is 15.0. The molecule has 1 aliphatic heterocycles. The third kappa shape index (κ3) is 6.58. The number of nitrogens with one attached hydrogen (secondary N) is 2. The summed E-state index contributed by atoms with van der Waals surface area (Å²) in [5.41, 5.74) is 2.03. The van der Waals surface area contributed by atoms with Crippen LogP contribution in [0.4, 0.5) is 10.5 Å². The van der Waals surface area contributed by atoms with Gasteiger partial charge in [-0.05, 0) is 56.0 Å². The van der Waals surface area contributed by atoms with Crippen LogP contribution in [0.1, 0.15) is 38.0 Å². The predicted molar refractivity (Wildman–Crippen MR) is 97.4 cm³/mol. The Labute approximate surface area is 149 Å². The van der Waals surface area contributed by atoms with Gasteiger partial charge in [-0.15, -0.1) is 0 Å². The van der Waals surface area contributed by atoms with E-state index in [1.807, 2.05) is 26.0 Å². The van der Waals surface area contributed by atoms with Gasteiger partial charge in [0.1, 0.15) is 0 Å². The van der Waals surface area contributed by atoms with E-state index in [0.29, 0.717) is 5.76 Å². The Bertz CT molecular complexity index is 605. The van der Waals surface area contributed by atoms with Gasteiger partial charge in [0.15, 0.2) is 18.8 Å². The predicted octanol–water partition coefficient (Wildman–Crippen LogP) is 3.99. The quantitative estimate of drug-likeness (QED) is 0.857. The lowest BCUT2D eigenvalue weighted by molar-refractivity contribution is 0.146. The van der Waals surface area contributed by atoms with Crippen molar-refractivity contribution in [1.82, 2.24) is 10.3 Å². The van der Waals surface area contributed by atoms with Crippen molar-refractivity contribution in [3.63, 3.8) is 0 Å². The Morgan fingerprint density at radius 1 is 1.28 bits per heavy atom. The molecule has 0 aliphatic carbocycles. The molecule has 1 aromatic heterocycles. The zero-order chi connectivity index (χ0) is 17.9. The molecular weight excluding hydrogens is 318 g/mol. The maximum Gasteiger partial charge on any atom is 0.412 e. The highest BCUT2D eigenvalue weighted by molar-refractivity contribution is 5.84. The summed E-state index contributed by atoms with van der Waals surface area (Å²) in [5, 5.41) is 6.08. The Hall–Kier alpha value is -2.34. The normalized spacial score (nSPS) is 14.3. The number of ether oxygens (including phenoxy) is 1. The Balaban J connectivity index is 0.00000109. The maximum absolute atomic E-state index is 11.7. The van der Waals surface area contributed by atoms with Crippen molar-refractivity contribution in [3.05, 3.63) is 48.2 Å². The summed E-state index contributed by atoms with van der Waals surface area (Å²) >= 11 is 0. The number of benzene rings is 1. The van der Waals surface area contributed by atoms with Gasteiger partial charge in [-0.1, -0.05) is 26.0 Å². The molecule has 6 nitrogen and oxygen atoms in total. The van der Waals surface area contributed by atoms with Crippen molar-refractivity contribution in [2.45, 2.75) is 39.7 Å². The van der Waals surface area contributed by atoms with Crippen LogP contribution in [0.5, 0.6) is 0 Å². The Morgan fingerprint density at radius 3 is 2.64 bits per heavy atom. The lowest BCUT2D eigenvalue weighted by atomic mass is 9.91. The SMILES string of the molecule is CC.O=C(Nc1ccc(CC2CCNCC2)cc1)OCc1cnco1. The number of rotatable bonds is 5. The third-order valence-corrected chi connectivity index (χ3v) is 4.01. The van der Waals surface area contributed by atoms with Crippen molar-refractivity contribution >= 4 is 11.8 Å². The van der Waals surface area contributed by atoms with E-state index in [-0.39, 0.29) is 6.61 Å². The van der Waals surface area contributed by atoms with Crippen molar-refractivity contribution in [1.29, 1.82) is 0 Å². The lowest BCUT2D eigenvalue weighted by Gasteiger charge is -2.22. The van der Waals surface area contributed by atoms with Gasteiger partial charge in [-0.3, -0.25) is 5.32 Å². The van der Waals surface area contributed by atoms with E-state index < -0.39 is 6.09 Å². The van der Waals surface area contributed by atoms with Crippen LogP contribution >= 0.6 is 0 Å². The van der Waals surface area contributed by atoms with E-state index in [0.717, 1.165) is 31.1 Å². The first-order valence-electron chi connectivity index (χ1n) is 8.90. The van der Waals surface area contributed by atoms with Crippen LogP contribution in [-0.4, -0.2) is 24.2 Å². The summed E-state index contributed by atoms with van der Waals surface area (Å²) in [6.45, 7) is 6.29. The molecule has 0 bridgehead atoms. The van der Waals surface area contributed by atoms with Gasteiger partial charge in [-0.25, -0.2) is 9.78 Å². The zero-order valence-electron chi connectivity index (χ0n) is 15.0. The van der Waals surface area contributed by atoms with E-state index in [2.05, 4.69) is 27.8 Å². The topological polar surface area (TPSA) is 76.4 Å². The summed E-state index contributed by atoms with van der Waals surface area (Å²) in [6.07, 6.45) is 5.87. The Morgan fingerprint density at radius 2 is 2.00 bits per heavy atom. The minimum Gasteiger partial charge on any atom is -0.445 e. The molecule has 6 heteroatoms. The number of carbonyl (C=O) groups excluding carboxylic acids is 1. The summed E-state index contributed by atoms with van der Waals surface area (Å²) in [6, 6.07) is 7.94. The minimum atomic E-state index is -0.507.